The Morgan fingerprint density at radius 1 is 1.22 bits per heavy atom. The van der Waals surface area contributed by atoms with Crippen LogP contribution >= 0.6 is 11.3 Å². The lowest BCUT2D eigenvalue weighted by atomic mass is 10.1. The average Bonchev–Trinajstić information content (AvgIpc) is 3.09. The highest BCUT2D eigenvalue weighted by Crippen LogP contribution is 2.42. The topological polar surface area (TPSA) is 130 Å². The van der Waals surface area contributed by atoms with Gasteiger partial charge < -0.3 is 14.7 Å². The van der Waals surface area contributed by atoms with Crippen molar-refractivity contribution >= 4 is 38.2 Å². The summed E-state index contributed by atoms with van der Waals surface area (Å²) >= 11 is 0.908. The van der Waals surface area contributed by atoms with Crippen LogP contribution in [-0.4, -0.2) is 61.2 Å². The molecule has 150 valence electrons. The first kappa shape index (κ1) is 19.8. The molecule has 2 aliphatic heterocycles. The van der Waals surface area contributed by atoms with E-state index in [0.717, 1.165) is 36.7 Å². The molecule has 12 heteroatoms. The van der Waals surface area contributed by atoms with E-state index in [9.17, 15) is 23.3 Å². The predicted molar refractivity (Wildman–Crippen MR) is 97.9 cm³/mol. The van der Waals surface area contributed by atoms with E-state index < -0.39 is 27.2 Å². The zero-order valence-corrected chi connectivity index (χ0v) is 16.2. The van der Waals surface area contributed by atoms with Crippen molar-refractivity contribution in [3.05, 3.63) is 16.2 Å². The maximum absolute atomic E-state index is 12.8. The van der Waals surface area contributed by atoms with Gasteiger partial charge in [-0.15, -0.1) is 0 Å². The van der Waals surface area contributed by atoms with E-state index in [4.69, 9.17) is 9.84 Å². The Hall–Kier alpha value is -1.92. The number of carbonyl (C=O) groups is 1. The van der Waals surface area contributed by atoms with Crippen LogP contribution in [0.25, 0.3) is 0 Å². The zero-order chi connectivity index (χ0) is 19.6. The fraction of sp³-hybridized carbons (Fsp3) is 0.667. The third-order valence-electron chi connectivity index (χ3n) is 4.77. The summed E-state index contributed by atoms with van der Waals surface area (Å²) in [6.45, 7) is 1.59. The van der Waals surface area contributed by atoms with Crippen molar-refractivity contribution in [3.63, 3.8) is 0 Å². The molecule has 0 aliphatic carbocycles. The molecule has 2 saturated heterocycles. The van der Waals surface area contributed by atoms with E-state index in [2.05, 4.69) is 0 Å². The molecular weight excluding hydrogens is 398 g/mol. The first-order valence-electron chi connectivity index (χ1n) is 8.72. The Morgan fingerprint density at radius 3 is 2.41 bits per heavy atom. The van der Waals surface area contributed by atoms with Gasteiger partial charge in [0.05, 0.1) is 4.92 Å². The molecule has 0 spiro atoms. The number of carboxylic acid groups (broad SMARTS) is 1. The standard InChI is InChI=1S/C15H21N3O7S2/c19-15(20)25-11-4-8-16(9-5-11)14-12(18(21)22)10-13(26-14)27(23,24)17-6-2-1-3-7-17/h10-11H,1-9H2,(H,19,20). The van der Waals surface area contributed by atoms with Crippen LogP contribution in [0.4, 0.5) is 15.5 Å². The molecule has 0 aromatic carbocycles. The smallest absolute Gasteiger partial charge is 0.450 e. The van der Waals surface area contributed by atoms with Crippen molar-refractivity contribution in [2.24, 2.45) is 0 Å². The molecule has 3 rings (SSSR count). The first-order valence-corrected chi connectivity index (χ1v) is 11.0. The second-order valence-electron chi connectivity index (χ2n) is 6.55. The fourth-order valence-corrected chi connectivity index (χ4v) is 6.53. The maximum Gasteiger partial charge on any atom is 0.506 e. The number of piperidine rings is 2. The average molecular weight is 419 g/mol. The molecule has 0 saturated carbocycles. The number of hydrogen-bond donors (Lipinski definition) is 1. The SMILES string of the molecule is O=C(O)OC1CCN(c2sc(S(=O)(=O)N3CCCCC3)cc2[N+](=O)[O-])CC1. The molecule has 1 aromatic heterocycles. The Bertz CT molecular complexity index is 809. The number of rotatable bonds is 5. The van der Waals surface area contributed by atoms with Crippen molar-refractivity contribution in [2.75, 3.05) is 31.1 Å². The summed E-state index contributed by atoms with van der Waals surface area (Å²) in [5.41, 5.74) is -0.229. The van der Waals surface area contributed by atoms with Crippen molar-refractivity contribution < 1.29 is 28.0 Å². The zero-order valence-electron chi connectivity index (χ0n) is 14.6. The van der Waals surface area contributed by atoms with Crippen LogP contribution in [0.5, 0.6) is 0 Å². The summed E-state index contributed by atoms with van der Waals surface area (Å²) < 4.78 is 31.8. The Labute approximate surface area is 160 Å². The third kappa shape index (κ3) is 4.33. The number of thiophene rings is 1. The largest absolute Gasteiger partial charge is 0.506 e. The molecule has 3 heterocycles. The first-order chi connectivity index (χ1) is 12.8. The maximum atomic E-state index is 12.8. The number of ether oxygens (including phenoxy) is 1. The summed E-state index contributed by atoms with van der Waals surface area (Å²) in [6, 6.07) is 1.14. The van der Waals surface area contributed by atoms with Crippen LogP contribution in [0.2, 0.25) is 0 Å². The molecule has 0 atom stereocenters. The predicted octanol–water partition coefficient (Wildman–Crippen LogP) is 2.49. The van der Waals surface area contributed by atoms with Gasteiger partial charge in [-0.3, -0.25) is 10.1 Å². The van der Waals surface area contributed by atoms with E-state index in [0.29, 0.717) is 44.0 Å². The van der Waals surface area contributed by atoms with E-state index in [1.165, 1.54) is 4.31 Å². The minimum atomic E-state index is -3.74. The number of nitrogens with zero attached hydrogens (tertiary/aromatic N) is 3. The highest BCUT2D eigenvalue weighted by Gasteiger charge is 2.34. The van der Waals surface area contributed by atoms with Gasteiger partial charge in [-0.05, 0) is 12.8 Å². The van der Waals surface area contributed by atoms with Crippen molar-refractivity contribution in [1.29, 1.82) is 0 Å². The highest BCUT2D eigenvalue weighted by molar-refractivity contribution is 7.91. The van der Waals surface area contributed by atoms with E-state index in [-0.39, 0.29) is 9.90 Å². The summed E-state index contributed by atoms with van der Waals surface area (Å²) in [4.78, 5) is 23.3. The molecule has 0 bridgehead atoms. The lowest BCUT2D eigenvalue weighted by Gasteiger charge is -2.31. The number of hydrogen-bond acceptors (Lipinski definition) is 8. The molecule has 0 radical (unpaired) electrons. The van der Waals surface area contributed by atoms with Crippen LogP contribution in [0.3, 0.4) is 0 Å². The monoisotopic (exact) mass is 419 g/mol. The molecule has 2 fully saturated rings. The Kier molecular flexibility index (Phi) is 5.86. The van der Waals surface area contributed by atoms with Crippen LogP contribution in [-0.2, 0) is 14.8 Å². The Morgan fingerprint density at radius 2 is 1.85 bits per heavy atom. The summed E-state index contributed by atoms with van der Waals surface area (Å²) in [6.07, 6.45) is 1.56. The van der Waals surface area contributed by atoms with Gasteiger partial charge in [-0.25, -0.2) is 13.2 Å². The lowest BCUT2D eigenvalue weighted by Crippen LogP contribution is -2.37. The fourth-order valence-electron chi connectivity index (χ4n) is 3.39. The highest BCUT2D eigenvalue weighted by atomic mass is 32.2. The van der Waals surface area contributed by atoms with Crippen molar-refractivity contribution in [2.45, 2.75) is 42.4 Å². The van der Waals surface area contributed by atoms with Crippen molar-refractivity contribution in [3.8, 4) is 0 Å². The van der Waals surface area contributed by atoms with Gasteiger partial charge in [-0.1, -0.05) is 17.8 Å². The summed E-state index contributed by atoms with van der Waals surface area (Å²) in [5.74, 6) is 0. The second-order valence-corrected chi connectivity index (χ2v) is 9.74. The van der Waals surface area contributed by atoms with Gasteiger partial charge >= 0.3 is 11.8 Å². The third-order valence-corrected chi connectivity index (χ3v) is 8.31. The van der Waals surface area contributed by atoms with Gasteiger partial charge in [0.15, 0.2) is 5.00 Å². The molecule has 0 amide bonds. The molecule has 1 N–H and O–H groups in total. The van der Waals surface area contributed by atoms with Crippen LogP contribution in [0.1, 0.15) is 32.1 Å². The second kappa shape index (κ2) is 7.98. The molecular formula is C15H21N3O7S2. The number of nitro groups is 1. The molecule has 0 unspecified atom stereocenters. The van der Waals surface area contributed by atoms with Gasteiger partial charge in [0.25, 0.3) is 10.0 Å². The van der Waals surface area contributed by atoms with Gasteiger partial charge in [-0.2, -0.15) is 4.31 Å². The van der Waals surface area contributed by atoms with Gasteiger partial charge in [0.2, 0.25) is 0 Å². The van der Waals surface area contributed by atoms with Crippen LogP contribution in [0, 0.1) is 10.1 Å². The molecule has 2 aliphatic rings. The van der Waals surface area contributed by atoms with Crippen LogP contribution < -0.4 is 4.90 Å². The molecule has 1 aromatic rings. The lowest BCUT2D eigenvalue weighted by molar-refractivity contribution is -0.383. The van der Waals surface area contributed by atoms with Gasteiger partial charge in [0.1, 0.15) is 10.3 Å². The number of sulfonamides is 1. The van der Waals surface area contributed by atoms with E-state index in [1.807, 2.05) is 0 Å². The minimum Gasteiger partial charge on any atom is -0.450 e. The Balaban J connectivity index is 1.82. The molecule has 10 nitrogen and oxygen atoms in total. The summed E-state index contributed by atoms with van der Waals surface area (Å²) in [5, 5.41) is 20.4. The van der Waals surface area contributed by atoms with E-state index >= 15 is 0 Å². The van der Waals surface area contributed by atoms with E-state index in [1.54, 1.807) is 4.90 Å². The van der Waals surface area contributed by atoms with Crippen molar-refractivity contribution in [1.82, 2.24) is 4.31 Å². The molecule has 27 heavy (non-hydrogen) atoms. The van der Waals surface area contributed by atoms with Gasteiger partial charge in [0, 0.05) is 45.1 Å². The quantitative estimate of drug-likeness (QED) is 0.438. The van der Waals surface area contributed by atoms with Crippen LogP contribution in [0.15, 0.2) is 10.3 Å². The number of anilines is 1. The minimum absolute atomic E-state index is 0.0185. The normalized spacial score (nSPS) is 19.8. The summed E-state index contributed by atoms with van der Waals surface area (Å²) in [7, 11) is -3.74.